The fourth-order valence-electron chi connectivity index (χ4n) is 3.44. The predicted octanol–water partition coefficient (Wildman–Crippen LogP) is 6.62. The Morgan fingerprint density at radius 3 is 2.31 bits per heavy atom. The average Bonchev–Trinajstić information content (AvgIpc) is 3.13. The first kappa shape index (κ1) is 19.4. The summed E-state index contributed by atoms with van der Waals surface area (Å²) in [6, 6.07) is 25.7. The molecule has 0 atom stereocenters. The molecule has 0 saturated heterocycles. The van der Waals surface area contributed by atoms with Crippen LogP contribution in [0.1, 0.15) is 22.3 Å². The highest BCUT2D eigenvalue weighted by Gasteiger charge is 2.10. The van der Waals surface area contributed by atoms with E-state index < -0.39 is 0 Å². The number of benzene rings is 3. The molecule has 29 heavy (non-hydrogen) atoms. The maximum atomic E-state index is 5.02. The van der Waals surface area contributed by atoms with Crippen molar-refractivity contribution in [2.45, 2.75) is 33.7 Å². The zero-order valence-electron chi connectivity index (χ0n) is 17.2. The van der Waals surface area contributed by atoms with Crippen molar-refractivity contribution in [3.63, 3.8) is 0 Å². The molecule has 0 aliphatic carbocycles. The molecular formula is C26H26N2S. The quantitative estimate of drug-likeness (QED) is 0.359. The Kier molecular flexibility index (Phi) is 5.77. The second-order valence-corrected chi connectivity index (χ2v) is 8.32. The molecule has 4 aromatic rings. The van der Waals surface area contributed by atoms with Crippen LogP contribution in [0.25, 0.3) is 11.3 Å². The first-order chi connectivity index (χ1) is 14.1. The van der Waals surface area contributed by atoms with Gasteiger partial charge < -0.3 is 4.57 Å². The lowest BCUT2D eigenvalue weighted by atomic mass is 10.0. The molecule has 0 radical (unpaired) electrons. The lowest BCUT2D eigenvalue weighted by Gasteiger charge is -2.11. The molecule has 0 amide bonds. The van der Waals surface area contributed by atoms with Crippen molar-refractivity contribution in [3.05, 3.63) is 105 Å². The van der Waals surface area contributed by atoms with E-state index in [1.807, 2.05) is 0 Å². The Balaban J connectivity index is 1.80. The van der Waals surface area contributed by atoms with Gasteiger partial charge in [0.25, 0.3) is 0 Å². The van der Waals surface area contributed by atoms with Gasteiger partial charge in [0.05, 0.1) is 11.4 Å². The molecule has 0 N–H and O–H groups in total. The maximum Gasteiger partial charge on any atom is 0.190 e. The fourth-order valence-corrected chi connectivity index (χ4v) is 4.39. The number of thiazole rings is 1. The molecule has 0 bridgehead atoms. The summed E-state index contributed by atoms with van der Waals surface area (Å²) in [7, 11) is 0. The topological polar surface area (TPSA) is 17.3 Å². The van der Waals surface area contributed by atoms with Crippen LogP contribution in [0.5, 0.6) is 0 Å². The van der Waals surface area contributed by atoms with Gasteiger partial charge in [0, 0.05) is 11.9 Å². The first-order valence-electron chi connectivity index (χ1n) is 10.0. The van der Waals surface area contributed by atoms with Gasteiger partial charge in [-0.05, 0) is 67.1 Å². The molecular weight excluding hydrogens is 372 g/mol. The molecule has 0 aliphatic heterocycles. The van der Waals surface area contributed by atoms with E-state index in [9.17, 15) is 0 Å². The molecule has 0 fully saturated rings. The van der Waals surface area contributed by atoms with Gasteiger partial charge in [0.2, 0.25) is 0 Å². The number of para-hydroxylation sites is 1. The van der Waals surface area contributed by atoms with E-state index in [0.717, 1.165) is 23.5 Å². The van der Waals surface area contributed by atoms with Crippen LogP contribution in [-0.2, 0) is 13.0 Å². The second-order valence-electron chi connectivity index (χ2n) is 7.49. The van der Waals surface area contributed by atoms with Crippen LogP contribution in [0.4, 0.5) is 5.69 Å². The molecule has 0 aliphatic rings. The van der Waals surface area contributed by atoms with Gasteiger partial charge in [0.15, 0.2) is 4.80 Å². The summed E-state index contributed by atoms with van der Waals surface area (Å²) in [5.41, 5.74) is 8.71. The van der Waals surface area contributed by atoms with Crippen LogP contribution in [-0.4, -0.2) is 4.57 Å². The van der Waals surface area contributed by atoms with Crippen molar-refractivity contribution in [1.29, 1.82) is 0 Å². The Morgan fingerprint density at radius 1 is 0.793 bits per heavy atom. The normalized spacial score (nSPS) is 11.8. The van der Waals surface area contributed by atoms with E-state index in [2.05, 4.69) is 104 Å². The molecule has 4 rings (SSSR count). The van der Waals surface area contributed by atoms with Crippen molar-refractivity contribution < 1.29 is 0 Å². The smallest absolute Gasteiger partial charge is 0.190 e. The summed E-state index contributed by atoms with van der Waals surface area (Å²) in [4.78, 5) is 6.07. The van der Waals surface area contributed by atoms with E-state index in [-0.39, 0.29) is 0 Å². The van der Waals surface area contributed by atoms with Crippen molar-refractivity contribution in [2.75, 3.05) is 0 Å². The number of aromatic nitrogens is 1. The molecule has 1 heterocycles. The highest BCUT2D eigenvalue weighted by Crippen LogP contribution is 2.24. The lowest BCUT2D eigenvalue weighted by Crippen LogP contribution is -2.17. The Labute approximate surface area is 176 Å². The van der Waals surface area contributed by atoms with Crippen molar-refractivity contribution in [2.24, 2.45) is 4.99 Å². The van der Waals surface area contributed by atoms with Crippen LogP contribution >= 0.6 is 11.3 Å². The van der Waals surface area contributed by atoms with Gasteiger partial charge >= 0.3 is 0 Å². The largest absolute Gasteiger partial charge is 0.316 e. The zero-order chi connectivity index (χ0) is 20.2. The van der Waals surface area contributed by atoms with Crippen LogP contribution in [0.2, 0.25) is 0 Å². The SMILES string of the molecule is Cc1ccc(-c2csc(=Nc3ccccc3C)n2CCc2ccccc2)cc1C. The van der Waals surface area contributed by atoms with Crippen molar-refractivity contribution >= 4 is 17.0 Å². The summed E-state index contributed by atoms with van der Waals surface area (Å²) in [6.07, 6.45) is 0.983. The third-order valence-corrected chi connectivity index (χ3v) is 6.26. The average molecular weight is 399 g/mol. The van der Waals surface area contributed by atoms with Gasteiger partial charge in [-0.1, -0.05) is 60.7 Å². The number of hydrogen-bond acceptors (Lipinski definition) is 2. The second kappa shape index (κ2) is 8.62. The Hall–Kier alpha value is -2.91. The van der Waals surface area contributed by atoms with Crippen LogP contribution in [0.3, 0.4) is 0 Å². The summed E-state index contributed by atoms with van der Waals surface area (Å²) < 4.78 is 2.37. The number of nitrogens with zero attached hydrogens (tertiary/aromatic N) is 2. The molecule has 1 aromatic heterocycles. The summed E-state index contributed by atoms with van der Waals surface area (Å²) >= 11 is 1.72. The van der Waals surface area contributed by atoms with E-state index in [0.29, 0.717) is 0 Å². The minimum absolute atomic E-state index is 0.903. The molecule has 0 saturated carbocycles. The van der Waals surface area contributed by atoms with Gasteiger partial charge in [0.1, 0.15) is 0 Å². The Morgan fingerprint density at radius 2 is 1.55 bits per heavy atom. The van der Waals surface area contributed by atoms with E-state index in [1.54, 1.807) is 11.3 Å². The Bertz CT molecular complexity index is 1180. The molecule has 0 spiro atoms. The first-order valence-corrected chi connectivity index (χ1v) is 10.9. The van der Waals surface area contributed by atoms with Gasteiger partial charge in [-0.25, -0.2) is 4.99 Å². The summed E-state index contributed by atoms with van der Waals surface area (Å²) in [5, 5.41) is 2.24. The van der Waals surface area contributed by atoms with Crippen LogP contribution < -0.4 is 4.80 Å². The van der Waals surface area contributed by atoms with E-state index >= 15 is 0 Å². The lowest BCUT2D eigenvalue weighted by molar-refractivity contribution is 0.684. The molecule has 0 unspecified atom stereocenters. The van der Waals surface area contributed by atoms with Crippen LogP contribution in [0.15, 0.2) is 83.2 Å². The third-order valence-electron chi connectivity index (χ3n) is 5.40. The number of hydrogen-bond donors (Lipinski definition) is 0. The maximum absolute atomic E-state index is 5.02. The van der Waals surface area contributed by atoms with Gasteiger partial charge in [-0.15, -0.1) is 11.3 Å². The summed E-state index contributed by atoms with van der Waals surface area (Å²) in [6.45, 7) is 7.36. The molecule has 3 aromatic carbocycles. The van der Waals surface area contributed by atoms with Gasteiger partial charge in [-0.2, -0.15) is 0 Å². The fraction of sp³-hybridized carbons (Fsp3) is 0.192. The number of rotatable bonds is 5. The zero-order valence-corrected chi connectivity index (χ0v) is 18.0. The van der Waals surface area contributed by atoms with Gasteiger partial charge in [-0.3, -0.25) is 0 Å². The molecule has 2 nitrogen and oxygen atoms in total. The van der Waals surface area contributed by atoms with Crippen molar-refractivity contribution in [1.82, 2.24) is 4.57 Å². The van der Waals surface area contributed by atoms with E-state index in [4.69, 9.17) is 4.99 Å². The number of aryl methyl sites for hydroxylation is 4. The van der Waals surface area contributed by atoms with E-state index in [1.165, 1.54) is 33.5 Å². The third kappa shape index (κ3) is 4.41. The molecule has 3 heteroatoms. The molecule has 146 valence electrons. The minimum atomic E-state index is 0.903. The standard InChI is InChI=1S/C26H26N2S/c1-19-13-14-23(17-21(19)3)25-18-29-26(27-24-12-8-7-9-20(24)2)28(25)16-15-22-10-5-4-6-11-22/h4-14,17-18H,15-16H2,1-3H3. The minimum Gasteiger partial charge on any atom is -0.316 e. The van der Waals surface area contributed by atoms with Crippen LogP contribution in [0, 0.1) is 20.8 Å². The monoisotopic (exact) mass is 398 g/mol. The predicted molar refractivity (Wildman–Crippen MR) is 124 cm³/mol. The highest BCUT2D eigenvalue weighted by molar-refractivity contribution is 7.07. The highest BCUT2D eigenvalue weighted by atomic mass is 32.1. The summed E-state index contributed by atoms with van der Waals surface area (Å²) in [5.74, 6) is 0. The van der Waals surface area contributed by atoms with Crippen molar-refractivity contribution in [3.8, 4) is 11.3 Å².